The molecule has 1 aromatic rings. The van der Waals surface area contributed by atoms with Crippen molar-refractivity contribution in [2.75, 3.05) is 13.1 Å². The van der Waals surface area contributed by atoms with E-state index in [0.29, 0.717) is 6.54 Å². The van der Waals surface area contributed by atoms with Gasteiger partial charge in [0.2, 0.25) is 5.91 Å². The molecule has 16 heavy (non-hydrogen) atoms. The third-order valence-corrected chi connectivity index (χ3v) is 3.82. The Morgan fingerprint density at radius 3 is 3.12 bits per heavy atom. The van der Waals surface area contributed by atoms with Gasteiger partial charge in [-0.15, -0.1) is 11.3 Å². The van der Waals surface area contributed by atoms with E-state index in [9.17, 15) is 4.79 Å². The number of rotatable bonds is 5. The topological polar surface area (TPSA) is 32.3 Å². The van der Waals surface area contributed by atoms with Crippen LogP contribution in [0.4, 0.5) is 0 Å². The molecule has 0 saturated carbocycles. The second-order valence-corrected chi connectivity index (χ2v) is 5.07. The summed E-state index contributed by atoms with van der Waals surface area (Å²) in [7, 11) is 0. The number of nitrogens with one attached hydrogen (secondary N) is 1. The highest BCUT2D eigenvalue weighted by Gasteiger charge is 2.31. The van der Waals surface area contributed by atoms with E-state index in [4.69, 9.17) is 0 Å². The fraction of sp³-hybridized carbons (Fsp3) is 0.583. The van der Waals surface area contributed by atoms with Crippen molar-refractivity contribution in [2.45, 2.75) is 32.4 Å². The van der Waals surface area contributed by atoms with E-state index in [1.165, 1.54) is 17.7 Å². The summed E-state index contributed by atoms with van der Waals surface area (Å²) in [5.41, 5.74) is 0. The van der Waals surface area contributed by atoms with Gasteiger partial charge in [0.1, 0.15) is 6.17 Å². The van der Waals surface area contributed by atoms with E-state index < -0.39 is 0 Å². The van der Waals surface area contributed by atoms with Crippen LogP contribution in [0, 0.1) is 0 Å². The summed E-state index contributed by atoms with van der Waals surface area (Å²) in [5, 5.41) is 5.33. The predicted molar refractivity (Wildman–Crippen MR) is 66.3 cm³/mol. The number of nitrogens with zero attached hydrogens (tertiary/aromatic N) is 1. The summed E-state index contributed by atoms with van der Waals surface area (Å²) >= 11 is 1.71. The van der Waals surface area contributed by atoms with Crippen molar-refractivity contribution in [1.29, 1.82) is 0 Å². The Balaban J connectivity index is 1.99. The normalized spacial score (nSPS) is 20.7. The highest BCUT2D eigenvalue weighted by molar-refractivity contribution is 7.10. The van der Waals surface area contributed by atoms with Crippen molar-refractivity contribution in [3.63, 3.8) is 0 Å². The van der Waals surface area contributed by atoms with Gasteiger partial charge in [0, 0.05) is 11.4 Å². The molecule has 1 saturated heterocycles. The summed E-state index contributed by atoms with van der Waals surface area (Å²) in [6.45, 7) is 3.54. The molecule has 1 unspecified atom stereocenters. The Morgan fingerprint density at radius 2 is 2.44 bits per heavy atom. The minimum Gasteiger partial charge on any atom is -0.321 e. The van der Waals surface area contributed by atoms with Gasteiger partial charge in [0.05, 0.1) is 6.54 Å². The first-order valence-corrected chi connectivity index (χ1v) is 6.77. The summed E-state index contributed by atoms with van der Waals surface area (Å²) in [5.74, 6) is 0.231. The number of carbonyl (C=O) groups excluding carboxylic acids is 1. The van der Waals surface area contributed by atoms with Gasteiger partial charge in [-0.1, -0.05) is 25.8 Å². The molecule has 1 aromatic heterocycles. The van der Waals surface area contributed by atoms with Crippen LogP contribution in [-0.4, -0.2) is 23.9 Å². The molecular formula is C12H18N2OS. The van der Waals surface area contributed by atoms with Crippen molar-refractivity contribution in [3.8, 4) is 0 Å². The Bertz CT molecular complexity index is 337. The fourth-order valence-corrected chi connectivity index (χ4v) is 2.84. The maximum absolute atomic E-state index is 11.7. The highest BCUT2D eigenvalue weighted by Crippen LogP contribution is 2.26. The largest absolute Gasteiger partial charge is 0.321 e. The molecule has 0 aromatic carbocycles. The maximum atomic E-state index is 11.7. The SMILES string of the molecule is CCCCCN1C(=O)CNC1c1cccs1. The van der Waals surface area contributed by atoms with Crippen molar-refractivity contribution < 1.29 is 4.79 Å². The zero-order valence-corrected chi connectivity index (χ0v) is 10.4. The highest BCUT2D eigenvalue weighted by atomic mass is 32.1. The first kappa shape index (κ1) is 11.6. The number of unbranched alkanes of at least 4 members (excludes halogenated alkanes) is 2. The van der Waals surface area contributed by atoms with Crippen LogP contribution < -0.4 is 5.32 Å². The monoisotopic (exact) mass is 238 g/mol. The van der Waals surface area contributed by atoms with Crippen LogP contribution in [0.3, 0.4) is 0 Å². The minimum atomic E-state index is 0.115. The van der Waals surface area contributed by atoms with Crippen LogP contribution in [0.1, 0.15) is 37.2 Å². The lowest BCUT2D eigenvalue weighted by atomic mass is 10.2. The van der Waals surface area contributed by atoms with Gasteiger partial charge in [0.25, 0.3) is 0 Å². The van der Waals surface area contributed by atoms with Crippen LogP contribution in [0.2, 0.25) is 0 Å². The van der Waals surface area contributed by atoms with Crippen molar-refractivity contribution in [1.82, 2.24) is 10.2 Å². The molecule has 0 radical (unpaired) electrons. The smallest absolute Gasteiger partial charge is 0.238 e. The Hall–Kier alpha value is -0.870. The Kier molecular flexibility index (Phi) is 3.96. The Morgan fingerprint density at radius 1 is 1.56 bits per heavy atom. The second kappa shape index (κ2) is 5.46. The standard InChI is InChI=1S/C12H18N2OS/c1-2-3-4-7-14-11(15)9-13-12(14)10-6-5-8-16-10/h5-6,8,12-13H,2-4,7,9H2,1H3. The van der Waals surface area contributed by atoms with E-state index in [-0.39, 0.29) is 12.1 Å². The molecule has 3 nitrogen and oxygen atoms in total. The third kappa shape index (κ3) is 2.44. The molecule has 88 valence electrons. The van der Waals surface area contributed by atoms with E-state index >= 15 is 0 Å². The fourth-order valence-electron chi connectivity index (χ4n) is 2.03. The van der Waals surface area contributed by atoms with Gasteiger partial charge in [-0.3, -0.25) is 10.1 Å². The van der Waals surface area contributed by atoms with Crippen LogP contribution in [0.15, 0.2) is 17.5 Å². The van der Waals surface area contributed by atoms with E-state index in [2.05, 4.69) is 23.7 Å². The Labute approximate surface area is 100 Å². The van der Waals surface area contributed by atoms with Gasteiger partial charge in [-0.25, -0.2) is 0 Å². The molecule has 1 atom stereocenters. The van der Waals surface area contributed by atoms with Crippen molar-refractivity contribution in [3.05, 3.63) is 22.4 Å². The van der Waals surface area contributed by atoms with Crippen LogP contribution in [0.25, 0.3) is 0 Å². The second-order valence-electron chi connectivity index (χ2n) is 4.09. The molecule has 0 aliphatic carbocycles. The molecule has 4 heteroatoms. The van der Waals surface area contributed by atoms with Crippen LogP contribution in [-0.2, 0) is 4.79 Å². The summed E-state index contributed by atoms with van der Waals surface area (Å²) in [6.07, 6.45) is 3.61. The number of thiophene rings is 1. The molecule has 1 N–H and O–H groups in total. The van der Waals surface area contributed by atoms with Gasteiger partial charge in [-0.05, 0) is 17.9 Å². The molecular weight excluding hydrogens is 220 g/mol. The van der Waals surface area contributed by atoms with Crippen LogP contribution >= 0.6 is 11.3 Å². The quantitative estimate of drug-likeness (QED) is 0.799. The lowest BCUT2D eigenvalue weighted by Crippen LogP contribution is -2.30. The average Bonchev–Trinajstić information content (AvgIpc) is 2.89. The predicted octanol–water partition coefficient (Wildman–Crippen LogP) is 2.37. The van der Waals surface area contributed by atoms with E-state index in [0.717, 1.165) is 13.0 Å². The first-order valence-electron chi connectivity index (χ1n) is 5.89. The number of hydrogen-bond donors (Lipinski definition) is 1. The zero-order chi connectivity index (χ0) is 11.4. The van der Waals surface area contributed by atoms with Gasteiger partial charge < -0.3 is 4.90 Å². The molecule has 2 rings (SSSR count). The van der Waals surface area contributed by atoms with Crippen molar-refractivity contribution in [2.24, 2.45) is 0 Å². The molecule has 1 aliphatic heterocycles. The zero-order valence-electron chi connectivity index (χ0n) is 9.61. The van der Waals surface area contributed by atoms with Crippen molar-refractivity contribution >= 4 is 17.2 Å². The average molecular weight is 238 g/mol. The summed E-state index contributed by atoms with van der Waals surface area (Å²) in [6, 6.07) is 4.13. The number of amides is 1. The van der Waals surface area contributed by atoms with E-state index in [1.807, 2.05) is 11.0 Å². The van der Waals surface area contributed by atoms with Gasteiger partial charge in [-0.2, -0.15) is 0 Å². The molecule has 1 aliphatic rings. The summed E-state index contributed by atoms with van der Waals surface area (Å²) in [4.78, 5) is 15.0. The molecule has 1 amide bonds. The molecule has 2 heterocycles. The number of hydrogen-bond acceptors (Lipinski definition) is 3. The molecule has 0 bridgehead atoms. The summed E-state index contributed by atoms with van der Waals surface area (Å²) < 4.78 is 0. The lowest BCUT2D eigenvalue weighted by Gasteiger charge is -2.23. The van der Waals surface area contributed by atoms with Gasteiger partial charge >= 0.3 is 0 Å². The first-order chi connectivity index (χ1) is 7.83. The molecule has 0 spiro atoms. The minimum absolute atomic E-state index is 0.115. The third-order valence-electron chi connectivity index (χ3n) is 2.89. The lowest BCUT2D eigenvalue weighted by molar-refractivity contribution is -0.128. The maximum Gasteiger partial charge on any atom is 0.238 e. The molecule has 1 fully saturated rings. The van der Waals surface area contributed by atoms with E-state index in [1.54, 1.807) is 11.3 Å². The number of carbonyl (C=O) groups is 1. The van der Waals surface area contributed by atoms with Gasteiger partial charge in [0.15, 0.2) is 0 Å². The van der Waals surface area contributed by atoms with Crippen LogP contribution in [0.5, 0.6) is 0 Å².